The highest BCUT2D eigenvalue weighted by atomic mass is 16.2. The molecule has 0 unspecified atom stereocenters. The number of rotatable bonds is 0. The second-order valence-corrected chi connectivity index (χ2v) is 2.12. The van der Waals surface area contributed by atoms with Gasteiger partial charge >= 0.3 is 0 Å². The van der Waals surface area contributed by atoms with Crippen molar-refractivity contribution in [3.63, 3.8) is 0 Å². The van der Waals surface area contributed by atoms with Crippen molar-refractivity contribution < 1.29 is 4.79 Å². The van der Waals surface area contributed by atoms with E-state index in [2.05, 4.69) is 15.8 Å². The molecule has 1 amide bonds. The maximum Gasteiger partial charge on any atom is 0.276 e. The van der Waals surface area contributed by atoms with Crippen molar-refractivity contribution >= 4 is 11.6 Å². The van der Waals surface area contributed by atoms with Crippen LogP contribution in [0.25, 0.3) is 0 Å². The summed E-state index contributed by atoms with van der Waals surface area (Å²) in [5.74, 6) is -0.328. The van der Waals surface area contributed by atoms with Crippen LogP contribution in [0.15, 0.2) is 17.1 Å². The molecule has 1 aromatic rings. The van der Waals surface area contributed by atoms with Gasteiger partial charge in [-0.2, -0.15) is 5.43 Å². The van der Waals surface area contributed by atoms with Crippen LogP contribution in [0.4, 0.5) is 5.69 Å². The first kappa shape index (κ1) is 5.96. The van der Waals surface area contributed by atoms with Gasteiger partial charge in [-0.1, -0.05) is 0 Å². The van der Waals surface area contributed by atoms with Crippen molar-refractivity contribution in [2.24, 2.45) is 0 Å². The van der Waals surface area contributed by atoms with Gasteiger partial charge in [0.2, 0.25) is 0 Å². The van der Waals surface area contributed by atoms with E-state index in [1.54, 1.807) is 0 Å². The monoisotopic (exact) mass is 150 g/mol. The molecule has 2 heterocycles. The summed E-state index contributed by atoms with van der Waals surface area (Å²) in [5.41, 5.74) is 5.87. The van der Waals surface area contributed by atoms with E-state index in [9.17, 15) is 9.59 Å². The maximum atomic E-state index is 10.9. The number of aromatic amines is 1. The van der Waals surface area contributed by atoms with E-state index in [1.807, 2.05) is 0 Å². The van der Waals surface area contributed by atoms with Crippen molar-refractivity contribution in [3.05, 3.63) is 28.2 Å². The summed E-state index contributed by atoms with van der Waals surface area (Å²) in [7, 11) is 0. The lowest BCUT2D eigenvalue weighted by molar-refractivity contribution is 0.0957. The van der Waals surface area contributed by atoms with Gasteiger partial charge in [-0.3, -0.25) is 9.59 Å². The minimum atomic E-state index is -0.346. The van der Waals surface area contributed by atoms with E-state index in [0.29, 0.717) is 5.56 Å². The Morgan fingerprint density at radius 1 is 1.36 bits per heavy atom. The Kier molecular flexibility index (Phi) is 1.00. The molecule has 11 heavy (non-hydrogen) atoms. The van der Waals surface area contributed by atoms with Gasteiger partial charge in [-0.25, -0.2) is 5.43 Å². The fourth-order valence-electron chi connectivity index (χ4n) is 0.931. The van der Waals surface area contributed by atoms with Crippen molar-refractivity contribution in [2.45, 2.75) is 0 Å². The quantitative estimate of drug-likeness (QED) is 0.511. The summed E-state index contributed by atoms with van der Waals surface area (Å²) >= 11 is 0. The Labute approximate surface area is 61.4 Å². The summed E-state index contributed by atoms with van der Waals surface area (Å²) in [6, 6.07) is 1.52. The smallest absolute Gasteiger partial charge is 0.276 e. The first-order valence-electron chi connectivity index (χ1n) is 3.02. The number of fused-ring (bicyclic) bond motifs is 1. The molecule has 5 nitrogen and oxygen atoms in total. The Hall–Kier alpha value is -1.78. The molecule has 1 aliphatic rings. The van der Waals surface area contributed by atoms with Gasteiger partial charge in [0.25, 0.3) is 11.5 Å². The van der Waals surface area contributed by atoms with Crippen LogP contribution in [0, 0.1) is 0 Å². The summed E-state index contributed by atoms with van der Waals surface area (Å²) in [6.07, 6.45) is 1.42. The standard InChI is InChI=1S/C6H4N3O2/c10-5-3-1-2-7-6(11)4(3)8-9-5/h1-2H,(H,7,11)(H,9,10). The zero-order valence-corrected chi connectivity index (χ0v) is 5.42. The maximum absolute atomic E-state index is 10.9. The molecule has 0 aliphatic carbocycles. The summed E-state index contributed by atoms with van der Waals surface area (Å²) in [4.78, 5) is 24.2. The molecule has 0 saturated carbocycles. The molecule has 1 aliphatic heterocycles. The Bertz CT molecular complexity index is 368. The molecular formula is C6H4N3O2. The topological polar surface area (TPSA) is 76.1 Å². The van der Waals surface area contributed by atoms with E-state index in [4.69, 9.17) is 0 Å². The molecule has 0 bridgehead atoms. The van der Waals surface area contributed by atoms with E-state index in [0.717, 1.165) is 0 Å². The first-order chi connectivity index (χ1) is 5.29. The third kappa shape index (κ3) is 0.706. The number of hydrogen-bond donors (Lipinski definition) is 2. The average molecular weight is 150 g/mol. The molecular weight excluding hydrogens is 146 g/mol. The number of aromatic nitrogens is 1. The number of nitrogens with one attached hydrogen (secondary N) is 2. The van der Waals surface area contributed by atoms with E-state index < -0.39 is 0 Å². The Morgan fingerprint density at radius 2 is 2.18 bits per heavy atom. The number of pyridine rings is 1. The second-order valence-electron chi connectivity index (χ2n) is 2.12. The lowest BCUT2D eigenvalue weighted by atomic mass is 10.2. The van der Waals surface area contributed by atoms with Crippen LogP contribution < -0.4 is 16.4 Å². The average Bonchev–Trinajstić information content (AvgIpc) is 2.35. The van der Waals surface area contributed by atoms with Gasteiger partial charge in [0, 0.05) is 6.20 Å². The summed E-state index contributed by atoms with van der Waals surface area (Å²) in [5, 5.41) is 0. The molecule has 0 aromatic carbocycles. The highest BCUT2D eigenvalue weighted by Gasteiger charge is 2.22. The van der Waals surface area contributed by atoms with Crippen LogP contribution in [-0.2, 0) is 0 Å². The van der Waals surface area contributed by atoms with Crippen molar-refractivity contribution in [1.82, 2.24) is 15.8 Å². The fraction of sp³-hybridized carbons (Fsp3) is 0. The van der Waals surface area contributed by atoms with Crippen LogP contribution in [0.3, 0.4) is 0 Å². The molecule has 0 spiro atoms. The fourth-order valence-corrected chi connectivity index (χ4v) is 0.931. The predicted octanol–water partition coefficient (Wildman–Crippen LogP) is -0.731. The van der Waals surface area contributed by atoms with E-state index >= 15 is 0 Å². The van der Waals surface area contributed by atoms with E-state index in [-0.39, 0.29) is 17.2 Å². The van der Waals surface area contributed by atoms with Crippen LogP contribution in [-0.4, -0.2) is 10.9 Å². The predicted molar refractivity (Wildman–Crippen MR) is 36.3 cm³/mol. The van der Waals surface area contributed by atoms with Gasteiger partial charge in [-0.15, -0.1) is 0 Å². The lowest BCUT2D eigenvalue weighted by Gasteiger charge is -1.88. The molecule has 55 valence electrons. The largest absolute Gasteiger partial charge is 0.327 e. The van der Waals surface area contributed by atoms with Crippen molar-refractivity contribution in [2.75, 3.05) is 0 Å². The van der Waals surface area contributed by atoms with Gasteiger partial charge in [-0.05, 0) is 6.07 Å². The van der Waals surface area contributed by atoms with Gasteiger partial charge < -0.3 is 4.98 Å². The SMILES string of the molecule is O=C1N[N]c2c1cc[nH]c2=O. The molecule has 0 atom stereocenters. The van der Waals surface area contributed by atoms with Crippen LogP contribution in [0.2, 0.25) is 0 Å². The highest BCUT2D eigenvalue weighted by molar-refractivity contribution is 6.01. The van der Waals surface area contributed by atoms with E-state index in [1.165, 1.54) is 12.3 Å². The normalized spacial score (nSPS) is 13.6. The number of nitrogens with zero attached hydrogens (tertiary/aromatic N) is 1. The third-order valence-corrected chi connectivity index (χ3v) is 1.45. The van der Waals surface area contributed by atoms with Crippen LogP contribution in [0.1, 0.15) is 10.4 Å². The minimum Gasteiger partial charge on any atom is -0.327 e. The molecule has 1 aromatic heterocycles. The number of H-pyrrole nitrogens is 1. The number of carbonyl (C=O) groups is 1. The minimum absolute atomic E-state index is 0.164. The van der Waals surface area contributed by atoms with Gasteiger partial charge in [0.15, 0.2) is 5.69 Å². The number of amides is 1. The first-order valence-corrected chi connectivity index (χ1v) is 3.02. The summed E-state index contributed by atoms with van der Waals surface area (Å²) < 4.78 is 0. The third-order valence-electron chi connectivity index (χ3n) is 1.45. The molecule has 2 rings (SSSR count). The summed E-state index contributed by atoms with van der Waals surface area (Å²) in [6.45, 7) is 0. The number of hydrogen-bond acceptors (Lipinski definition) is 2. The van der Waals surface area contributed by atoms with Crippen LogP contribution >= 0.6 is 0 Å². The van der Waals surface area contributed by atoms with Crippen LogP contribution in [0.5, 0.6) is 0 Å². The molecule has 0 saturated heterocycles. The van der Waals surface area contributed by atoms with Gasteiger partial charge in [0.05, 0.1) is 5.56 Å². The Balaban J connectivity index is 2.76. The Morgan fingerprint density at radius 3 is 2.91 bits per heavy atom. The lowest BCUT2D eigenvalue weighted by Crippen LogP contribution is -2.20. The second kappa shape index (κ2) is 1.85. The zero-order chi connectivity index (χ0) is 7.84. The molecule has 2 N–H and O–H groups in total. The molecule has 5 heteroatoms. The van der Waals surface area contributed by atoms with Crippen molar-refractivity contribution in [3.8, 4) is 0 Å². The number of carbonyl (C=O) groups excluding carboxylic acids is 1. The molecule has 1 radical (unpaired) electrons. The molecule has 0 fully saturated rings. The highest BCUT2D eigenvalue weighted by Crippen LogP contribution is 2.12. The van der Waals surface area contributed by atoms with Gasteiger partial charge in [0.1, 0.15) is 0 Å². The van der Waals surface area contributed by atoms with Crippen molar-refractivity contribution in [1.29, 1.82) is 0 Å². The zero-order valence-electron chi connectivity index (χ0n) is 5.42.